The molecule has 0 saturated carbocycles. The SMILES string of the molecule is CC/C=C\C/C=C\CCCCCCCCCC(=O)OCC(COC(=O)CCCCCCCCCCC)OC(=O)CCCCCCCCCCCCC. The van der Waals surface area contributed by atoms with Crippen LogP contribution in [0.15, 0.2) is 24.3 Å². The predicted octanol–water partition coefficient (Wildman–Crippen LogP) is 14.0. The molecule has 1 atom stereocenters. The van der Waals surface area contributed by atoms with Crippen LogP contribution in [0.3, 0.4) is 0 Å². The fourth-order valence-corrected chi connectivity index (χ4v) is 6.36. The molecular weight excluding hydrogens is 648 g/mol. The molecule has 0 radical (unpaired) electrons. The molecule has 0 heterocycles. The predicted molar refractivity (Wildman–Crippen MR) is 219 cm³/mol. The Balaban J connectivity index is 4.33. The van der Waals surface area contributed by atoms with Gasteiger partial charge in [0.25, 0.3) is 0 Å². The van der Waals surface area contributed by atoms with Crippen molar-refractivity contribution in [1.29, 1.82) is 0 Å². The average Bonchev–Trinajstić information content (AvgIpc) is 3.14. The van der Waals surface area contributed by atoms with Crippen LogP contribution in [-0.2, 0) is 28.6 Å². The quantitative estimate of drug-likeness (QED) is 0.0270. The first-order valence-electron chi connectivity index (χ1n) is 22.3. The van der Waals surface area contributed by atoms with Crippen LogP contribution in [0, 0.1) is 0 Å². The zero-order chi connectivity index (χ0) is 38.0. The standard InChI is InChI=1S/C46H84O6/c1-4-7-10-13-16-19-21-22-23-25-27-30-33-36-39-45(48)51-42-43(41-50-44(47)38-35-32-29-26-18-15-12-9-6-3)52-46(49)40-37-34-31-28-24-20-17-14-11-8-5-2/h7,10,16,19,43H,4-6,8-9,11-15,17-18,20-42H2,1-3H3/b10-7-,19-16-. The van der Waals surface area contributed by atoms with Crippen LogP contribution in [-0.4, -0.2) is 37.2 Å². The molecule has 6 heteroatoms. The van der Waals surface area contributed by atoms with E-state index in [-0.39, 0.29) is 31.1 Å². The van der Waals surface area contributed by atoms with E-state index in [1.807, 2.05) is 0 Å². The Labute approximate surface area is 322 Å². The van der Waals surface area contributed by atoms with E-state index in [2.05, 4.69) is 45.1 Å². The maximum absolute atomic E-state index is 12.7. The van der Waals surface area contributed by atoms with Gasteiger partial charge in [-0.2, -0.15) is 0 Å². The number of allylic oxidation sites excluding steroid dienone is 4. The first-order valence-corrected chi connectivity index (χ1v) is 22.3. The first-order chi connectivity index (χ1) is 25.5. The van der Waals surface area contributed by atoms with E-state index < -0.39 is 6.10 Å². The minimum Gasteiger partial charge on any atom is -0.462 e. The fraction of sp³-hybridized carbons (Fsp3) is 0.848. The summed E-state index contributed by atoms with van der Waals surface area (Å²) in [5.74, 6) is -0.878. The molecule has 0 saturated heterocycles. The average molecular weight is 733 g/mol. The Hall–Kier alpha value is -2.11. The normalized spacial score (nSPS) is 12.1. The van der Waals surface area contributed by atoms with Gasteiger partial charge in [0.05, 0.1) is 0 Å². The van der Waals surface area contributed by atoms with E-state index >= 15 is 0 Å². The summed E-state index contributed by atoms with van der Waals surface area (Å²) in [5.41, 5.74) is 0. The van der Waals surface area contributed by atoms with Crippen molar-refractivity contribution >= 4 is 17.9 Å². The second-order valence-corrected chi connectivity index (χ2v) is 14.9. The summed E-state index contributed by atoms with van der Waals surface area (Å²) in [5, 5.41) is 0. The molecule has 0 spiro atoms. The molecule has 304 valence electrons. The molecule has 1 unspecified atom stereocenters. The van der Waals surface area contributed by atoms with Gasteiger partial charge >= 0.3 is 17.9 Å². The minimum absolute atomic E-state index is 0.0702. The maximum Gasteiger partial charge on any atom is 0.306 e. The smallest absolute Gasteiger partial charge is 0.306 e. The lowest BCUT2D eigenvalue weighted by Gasteiger charge is -2.18. The summed E-state index contributed by atoms with van der Waals surface area (Å²) < 4.78 is 16.7. The number of carbonyl (C=O) groups excluding carboxylic acids is 3. The summed E-state index contributed by atoms with van der Waals surface area (Å²) in [6.45, 7) is 6.50. The Morgan fingerprint density at radius 3 is 1.15 bits per heavy atom. The summed E-state index contributed by atoms with van der Waals surface area (Å²) >= 11 is 0. The molecule has 0 fully saturated rings. The van der Waals surface area contributed by atoms with Gasteiger partial charge in [-0.1, -0.05) is 193 Å². The molecule has 0 N–H and O–H groups in total. The molecule has 0 aromatic carbocycles. The highest BCUT2D eigenvalue weighted by Crippen LogP contribution is 2.15. The van der Waals surface area contributed by atoms with Crippen LogP contribution in [0.2, 0.25) is 0 Å². The Morgan fingerprint density at radius 2 is 0.750 bits per heavy atom. The zero-order valence-corrected chi connectivity index (χ0v) is 34.6. The molecule has 0 aliphatic heterocycles. The number of carbonyl (C=O) groups is 3. The van der Waals surface area contributed by atoms with Crippen LogP contribution in [0.4, 0.5) is 0 Å². The number of hydrogen-bond donors (Lipinski definition) is 0. The van der Waals surface area contributed by atoms with E-state index in [1.165, 1.54) is 116 Å². The summed E-state index contributed by atoms with van der Waals surface area (Å²) in [7, 11) is 0. The van der Waals surface area contributed by atoms with Gasteiger partial charge in [0.1, 0.15) is 13.2 Å². The van der Waals surface area contributed by atoms with Gasteiger partial charge in [0.15, 0.2) is 6.10 Å². The molecular formula is C46H84O6. The van der Waals surface area contributed by atoms with E-state index in [0.717, 1.165) is 77.0 Å². The van der Waals surface area contributed by atoms with Gasteiger partial charge in [-0.05, 0) is 44.9 Å². The van der Waals surface area contributed by atoms with Crippen molar-refractivity contribution in [3.63, 3.8) is 0 Å². The van der Waals surface area contributed by atoms with E-state index in [0.29, 0.717) is 19.3 Å². The molecule has 0 bridgehead atoms. The number of hydrogen-bond acceptors (Lipinski definition) is 6. The molecule has 0 rings (SSSR count). The van der Waals surface area contributed by atoms with E-state index in [1.54, 1.807) is 0 Å². The highest BCUT2D eigenvalue weighted by atomic mass is 16.6. The van der Waals surface area contributed by atoms with Crippen molar-refractivity contribution in [2.24, 2.45) is 0 Å². The largest absolute Gasteiger partial charge is 0.462 e. The monoisotopic (exact) mass is 733 g/mol. The highest BCUT2D eigenvalue weighted by molar-refractivity contribution is 5.71. The third kappa shape index (κ3) is 39.1. The molecule has 0 aliphatic rings. The second-order valence-electron chi connectivity index (χ2n) is 14.9. The number of unbranched alkanes of at least 4 members (excludes halogenated alkanes) is 25. The molecule has 0 amide bonds. The number of rotatable bonds is 40. The highest BCUT2D eigenvalue weighted by Gasteiger charge is 2.19. The van der Waals surface area contributed by atoms with Crippen molar-refractivity contribution in [2.45, 2.75) is 239 Å². The Morgan fingerprint density at radius 1 is 0.404 bits per heavy atom. The molecule has 6 nitrogen and oxygen atoms in total. The van der Waals surface area contributed by atoms with Gasteiger partial charge in [-0.25, -0.2) is 0 Å². The van der Waals surface area contributed by atoms with Crippen molar-refractivity contribution < 1.29 is 28.6 Å². The Kier molecular flexibility index (Phi) is 40.0. The van der Waals surface area contributed by atoms with Gasteiger partial charge in [0, 0.05) is 19.3 Å². The third-order valence-electron chi connectivity index (χ3n) is 9.72. The lowest BCUT2D eigenvalue weighted by atomic mass is 10.1. The van der Waals surface area contributed by atoms with E-state index in [9.17, 15) is 14.4 Å². The molecule has 0 aromatic rings. The van der Waals surface area contributed by atoms with Crippen LogP contribution in [0.25, 0.3) is 0 Å². The van der Waals surface area contributed by atoms with Crippen molar-refractivity contribution in [1.82, 2.24) is 0 Å². The van der Waals surface area contributed by atoms with Crippen molar-refractivity contribution in [3.05, 3.63) is 24.3 Å². The van der Waals surface area contributed by atoms with Crippen LogP contribution < -0.4 is 0 Å². The van der Waals surface area contributed by atoms with Crippen LogP contribution in [0.1, 0.15) is 233 Å². The summed E-state index contributed by atoms with van der Waals surface area (Å²) in [6.07, 6.45) is 44.4. The van der Waals surface area contributed by atoms with Gasteiger partial charge in [0.2, 0.25) is 0 Å². The minimum atomic E-state index is -0.765. The lowest BCUT2D eigenvalue weighted by molar-refractivity contribution is -0.167. The van der Waals surface area contributed by atoms with Crippen molar-refractivity contribution in [3.8, 4) is 0 Å². The zero-order valence-electron chi connectivity index (χ0n) is 34.6. The second kappa shape index (κ2) is 41.6. The number of esters is 3. The number of ether oxygens (including phenoxy) is 3. The molecule has 52 heavy (non-hydrogen) atoms. The maximum atomic E-state index is 12.7. The van der Waals surface area contributed by atoms with Gasteiger partial charge in [-0.15, -0.1) is 0 Å². The van der Waals surface area contributed by atoms with Crippen molar-refractivity contribution in [2.75, 3.05) is 13.2 Å². The molecule has 0 aromatic heterocycles. The summed E-state index contributed by atoms with van der Waals surface area (Å²) in [4.78, 5) is 37.6. The van der Waals surface area contributed by atoms with Gasteiger partial charge < -0.3 is 14.2 Å². The van der Waals surface area contributed by atoms with Crippen LogP contribution >= 0.6 is 0 Å². The third-order valence-corrected chi connectivity index (χ3v) is 9.72. The summed E-state index contributed by atoms with van der Waals surface area (Å²) in [6, 6.07) is 0. The van der Waals surface area contributed by atoms with Crippen LogP contribution in [0.5, 0.6) is 0 Å². The fourth-order valence-electron chi connectivity index (χ4n) is 6.36. The molecule has 0 aliphatic carbocycles. The van der Waals surface area contributed by atoms with E-state index in [4.69, 9.17) is 14.2 Å². The topological polar surface area (TPSA) is 78.9 Å². The first kappa shape index (κ1) is 49.9. The lowest BCUT2D eigenvalue weighted by Crippen LogP contribution is -2.30. The van der Waals surface area contributed by atoms with Gasteiger partial charge in [-0.3, -0.25) is 14.4 Å². The Bertz CT molecular complexity index is 850.